The summed E-state index contributed by atoms with van der Waals surface area (Å²) < 4.78 is 5.18. The van der Waals surface area contributed by atoms with Crippen molar-refractivity contribution in [3.8, 4) is 5.75 Å². The van der Waals surface area contributed by atoms with E-state index < -0.39 is 0 Å². The number of ether oxygens (including phenoxy) is 1. The molecule has 2 N–H and O–H groups in total. The highest BCUT2D eigenvalue weighted by molar-refractivity contribution is 7.99. The summed E-state index contributed by atoms with van der Waals surface area (Å²) in [5, 5.41) is 0. The van der Waals surface area contributed by atoms with Gasteiger partial charge in [-0.2, -0.15) is 11.8 Å². The Morgan fingerprint density at radius 3 is 2.62 bits per heavy atom. The van der Waals surface area contributed by atoms with Gasteiger partial charge >= 0.3 is 0 Å². The minimum Gasteiger partial charge on any atom is -0.497 e. The Hall–Kier alpha value is -1.36. The van der Waals surface area contributed by atoms with Crippen molar-refractivity contribution in [2.24, 2.45) is 10.7 Å². The molecule has 1 unspecified atom stereocenters. The fraction of sp³-hybridized carbons (Fsp3) is 0.562. The number of methoxy groups -OCH3 is 1. The largest absolute Gasteiger partial charge is 0.497 e. The van der Waals surface area contributed by atoms with E-state index >= 15 is 0 Å². The van der Waals surface area contributed by atoms with Crippen LogP contribution in [0.25, 0.3) is 0 Å². The molecule has 1 aromatic rings. The lowest BCUT2D eigenvalue weighted by Crippen LogP contribution is -2.42. The molecule has 0 aliphatic carbocycles. The van der Waals surface area contributed by atoms with Crippen molar-refractivity contribution in [2.75, 3.05) is 38.2 Å². The summed E-state index contributed by atoms with van der Waals surface area (Å²) in [7, 11) is 1.69. The van der Waals surface area contributed by atoms with Gasteiger partial charge in [-0.3, -0.25) is 4.99 Å². The van der Waals surface area contributed by atoms with Gasteiger partial charge in [0.2, 0.25) is 0 Å². The van der Waals surface area contributed by atoms with E-state index in [4.69, 9.17) is 10.5 Å². The first-order chi connectivity index (χ1) is 10.2. The smallest absolute Gasteiger partial charge is 0.191 e. The molecule has 0 spiro atoms. The first-order valence-corrected chi connectivity index (χ1v) is 8.62. The Kier molecular flexibility index (Phi) is 6.23. The fourth-order valence-corrected chi connectivity index (χ4v) is 3.27. The average molecular weight is 307 g/mol. The van der Waals surface area contributed by atoms with Crippen molar-refractivity contribution >= 4 is 17.7 Å². The van der Waals surface area contributed by atoms with Crippen LogP contribution < -0.4 is 10.5 Å². The Bertz CT molecular complexity index is 455. The van der Waals surface area contributed by atoms with Crippen LogP contribution in [-0.2, 0) is 0 Å². The maximum absolute atomic E-state index is 6.06. The van der Waals surface area contributed by atoms with Crippen LogP contribution in [0.15, 0.2) is 29.3 Å². The average Bonchev–Trinajstić information content (AvgIpc) is 2.55. The third-order valence-electron chi connectivity index (χ3n) is 3.86. The number of aliphatic imine (C=N–C) groups is 1. The number of thioether (sulfide) groups is 1. The number of nitrogens with zero attached hydrogens (tertiary/aromatic N) is 2. The summed E-state index contributed by atoms with van der Waals surface area (Å²) in [5.74, 6) is 4.38. The standard InChI is InChI=1S/C16H25N3OS/c1-13(14-3-5-15(20-2)6-4-14)7-8-18-16(17)19-9-11-21-12-10-19/h3-6,13H,7-12H2,1-2H3,(H2,17,18). The number of guanidine groups is 1. The lowest BCUT2D eigenvalue weighted by molar-refractivity contribution is 0.414. The maximum Gasteiger partial charge on any atom is 0.191 e. The maximum atomic E-state index is 6.06. The van der Waals surface area contributed by atoms with E-state index in [2.05, 4.69) is 28.9 Å². The highest BCUT2D eigenvalue weighted by Crippen LogP contribution is 2.21. The van der Waals surface area contributed by atoms with E-state index in [1.54, 1.807) is 7.11 Å². The molecule has 1 saturated heterocycles. The van der Waals surface area contributed by atoms with Gasteiger partial charge in [-0.05, 0) is 30.0 Å². The summed E-state index contributed by atoms with van der Waals surface area (Å²) in [4.78, 5) is 6.72. The minimum atomic E-state index is 0.476. The molecule has 1 aromatic carbocycles. The van der Waals surface area contributed by atoms with Gasteiger partial charge < -0.3 is 15.4 Å². The fourth-order valence-electron chi connectivity index (χ4n) is 2.36. The molecule has 0 aromatic heterocycles. The van der Waals surface area contributed by atoms with Crippen molar-refractivity contribution in [3.63, 3.8) is 0 Å². The molecule has 1 heterocycles. The third kappa shape index (κ3) is 4.84. The minimum absolute atomic E-state index is 0.476. The lowest BCUT2D eigenvalue weighted by atomic mass is 9.98. The van der Waals surface area contributed by atoms with Crippen molar-refractivity contribution in [3.05, 3.63) is 29.8 Å². The highest BCUT2D eigenvalue weighted by Gasteiger charge is 2.12. The molecule has 2 rings (SSSR count). The molecule has 4 nitrogen and oxygen atoms in total. The van der Waals surface area contributed by atoms with E-state index in [0.717, 1.165) is 43.3 Å². The third-order valence-corrected chi connectivity index (χ3v) is 4.80. The number of rotatable bonds is 5. The van der Waals surface area contributed by atoms with E-state index in [-0.39, 0.29) is 0 Å². The lowest BCUT2D eigenvalue weighted by Gasteiger charge is -2.27. The molecular formula is C16H25N3OS. The predicted molar refractivity (Wildman–Crippen MR) is 91.4 cm³/mol. The first-order valence-electron chi connectivity index (χ1n) is 7.47. The van der Waals surface area contributed by atoms with Gasteiger partial charge in [0.25, 0.3) is 0 Å². The van der Waals surface area contributed by atoms with Crippen LogP contribution in [0, 0.1) is 0 Å². The summed E-state index contributed by atoms with van der Waals surface area (Å²) in [6.45, 7) is 5.05. The van der Waals surface area contributed by atoms with Crippen LogP contribution in [0.5, 0.6) is 5.75 Å². The Balaban J connectivity index is 1.80. The molecular weight excluding hydrogens is 282 g/mol. The summed E-state index contributed by atoms with van der Waals surface area (Å²) in [5.41, 5.74) is 7.38. The Labute approximate surface area is 131 Å². The molecule has 1 aliphatic heterocycles. The van der Waals surface area contributed by atoms with Crippen LogP contribution >= 0.6 is 11.8 Å². The summed E-state index contributed by atoms with van der Waals surface area (Å²) >= 11 is 1.98. The number of nitrogens with two attached hydrogens (primary N) is 1. The SMILES string of the molecule is COc1ccc(C(C)CCN=C(N)N2CCSCC2)cc1. The highest BCUT2D eigenvalue weighted by atomic mass is 32.2. The second-order valence-corrected chi connectivity index (χ2v) is 6.53. The second-order valence-electron chi connectivity index (χ2n) is 5.30. The number of benzene rings is 1. The predicted octanol–water partition coefficient (Wildman–Crippen LogP) is 2.55. The van der Waals surface area contributed by atoms with Crippen molar-refractivity contribution < 1.29 is 4.74 Å². The van der Waals surface area contributed by atoms with Crippen molar-refractivity contribution in [1.82, 2.24) is 4.90 Å². The number of hydrogen-bond acceptors (Lipinski definition) is 3. The van der Waals surface area contributed by atoms with E-state index in [1.807, 2.05) is 23.9 Å². The van der Waals surface area contributed by atoms with E-state index in [1.165, 1.54) is 5.56 Å². The van der Waals surface area contributed by atoms with Crippen LogP contribution in [0.3, 0.4) is 0 Å². The molecule has 5 heteroatoms. The van der Waals surface area contributed by atoms with Crippen LogP contribution in [0.1, 0.15) is 24.8 Å². The van der Waals surface area contributed by atoms with Gasteiger partial charge in [-0.15, -0.1) is 0 Å². The van der Waals surface area contributed by atoms with Crippen LogP contribution in [0.2, 0.25) is 0 Å². The summed E-state index contributed by atoms with van der Waals surface area (Å²) in [6.07, 6.45) is 1.01. The monoisotopic (exact) mass is 307 g/mol. The number of hydrogen-bond donors (Lipinski definition) is 1. The molecule has 1 aliphatic rings. The molecule has 116 valence electrons. The molecule has 0 amide bonds. The topological polar surface area (TPSA) is 50.9 Å². The second kappa shape index (κ2) is 8.17. The van der Waals surface area contributed by atoms with Crippen molar-refractivity contribution in [2.45, 2.75) is 19.3 Å². The van der Waals surface area contributed by atoms with Gasteiger partial charge in [0, 0.05) is 31.1 Å². The van der Waals surface area contributed by atoms with Gasteiger partial charge in [-0.1, -0.05) is 19.1 Å². The van der Waals surface area contributed by atoms with Gasteiger partial charge in [0.1, 0.15) is 5.75 Å². The van der Waals surface area contributed by atoms with Gasteiger partial charge in [0.05, 0.1) is 7.11 Å². The normalized spacial score (nSPS) is 17.6. The zero-order chi connectivity index (χ0) is 15.1. The molecule has 0 bridgehead atoms. The quantitative estimate of drug-likeness (QED) is 0.671. The van der Waals surface area contributed by atoms with Gasteiger partial charge in [-0.25, -0.2) is 0 Å². The molecule has 1 atom stereocenters. The van der Waals surface area contributed by atoms with Gasteiger partial charge in [0.15, 0.2) is 5.96 Å². The Morgan fingerprint density at radius 2 is 2.00 bits per heavy atom. The first kappa shape index (κ1) is 16.0. The molecule has 1 fully saturated rings. The molecule has 0 saturated carbocycles. The van der Waals surface area contributed by atoms with Crippen LogP contribution in [0.4, 0.5) is 0 Å². The van der Waals surface area contributed by atoms with E-state index in [9.17, 15) is 0 Å². The zero-order valence-corrected chi connectivity index (χ0v) is 13.7. The molecule has 21 heavy (non-hydrogen) atoms. The zero-order valence-electron chi connectivity index (χ0n) is 12.9. The van der Waals surface area contributed by atoms with E-state index in [0.29, 0.717) is 11.9 Å². The Morgan fingerprint density at radius 1 is 1.33 bits per heavy atom. The van der Waals surface area contributed by atoms with Crippen molar-refractivity contribution in [1.29, 1.82) is 0 Å². The van der Waals surface area contributed by atoms with Crippen LogP contribution in [-0.4, -0.2) is 49.1 Å². The summed E-state index contributed by atoms with van der Waals surface area (Å²) in [6, 6.07) is 8.26. The molecule has 0 radical (unpaired) electrons.